The molecule has 4 rings (SSSR count). The largest absolute Gasteiger partial charge is 0.333 e. The van der Waals surface area contributed by atoms with Crippen LogP contribution in [0.1, 0.15) is 36.8 Å². The van der Waals surface area contributed by atoms with Crippen molar-refractivity contribution in [1.29, 1.82) is 0 Å². The van der Waals surface area contributed by atoms with Crippen molar-refractivity contribution in [3.05, 3.63) is 71.8 Å². The number of ketones is 1. The highest BCUT2D eigenvalue weighted by Crippen LogP contribution is 2.21. The van der Waals surface area contributed by atoms with Crippen LogP contribution in [0.5, 0.6) is 0 Å². The Kier molecular flexibility index (Phi) is 8.07. The number of nitrogens with zero attached hydrogens (tertiary/aromatic N) is 3. The fraction of sp³-hybridized carbons (Fsp3) is 0.481. The fourth-order valence-electron chi connectivity index (χ4n) is 4.95. The van der Waals surface area contributed by atoms with Crippen molar-refractivity contribution in [1.82, 2.24) is 14.7 Å². The Morgan fingerprint density at radius 2 is 1.47 bits per heavy atom. The van der Waals surface area contributed by atoms with Crippen molar-refractivity contribution in [3.8, 4) is 0 Å². The summed E-state index contributed by atoms with van der Waals surface area (Å²) in [5.74, 6) is 0.342. The fourth-order valence-corrected chi connectivity index (χ4v) is 4.95. The predicted molar refractivity (Wildman–Crippen MR) is 127 cm³/mol. The highest BCUT2D eigenvalue weighted by atomic mass is 16.2. The summed E-state index contributed by atoms with van der Waals surface area (Å²) < 4.78 is 0. The van der Waals surface area contributed by atoms with Crippen LogP contribution in [-0.2, 0) is 22.6 Å². The quantitative estimate of drug-likeness (QED) is 0.701. The predicted octanol–water partition coefficient (Wildman–Crippen LogP) is 3.39. The van der Waals surface area contributed by atoms with E-state index >= 15 is 0 Å². The van der Waals surface area contributed by atoms with Gasteiger partial charge in [-0.3, -0.25) is 14.5 Å². The average Bonchev–Trinajstić information content (AvgIpc) is 3.31. The second kappa shape index (κ2) is 11.4. The number of carbonyl (C=O) groups is 2. The first kappa shape index (κ1) is 22.7. The summed E-state index contributed by atoms with van der Waals surface area (Å²) >= 11 is 0. The monoisotopic (exact) mass is 433 g/mol. The van der Waals surface area contributed by atoms with Crippen molar-refractivity contribution in [3.63, 3.8) is 0 Å². The van der Waals surface area contributed by atoms with Gasteiger partial charge in [0.25, 0.3) is 0 Å². The number of carbonyl (C=O) groups excluding carboxylic acids is 2. The molecule has 2 aromatic carbocycles. The van der Waals surface area contributed by atoms with Crippen molar-refractivity contribution < 1.29 is 9.59 Å². The Labute approximate surface area is 192 Å². The molecule has 0 radical (unpaired) electrons. The molecule has 170 valence electrons. The van der Waals surface area contributed by atoms with Crippen LogP contribution in [0, 0.1) is 0 Å². The molecule has 0 saturated carbocycles. The van der Waals surface area contributed by atoms with Crippen LogP contribution in [0.15, 0.2) is 60.7 Å². The molecular formula is C27H35N3O2. The van der Waals surface area contributed by atoms with E-state index in [1.807, 2.05) is 11.0 Å². The zero-order valence-corrected chi connectivity index (χ0v) is 19.0. The van der Waals surface area contributed by atoms with Gasteiger partial charge in [-0.05, 0) is 43.4 Å². The molecule has 2 aromatic rings. The van der Waals surface area contributed by atoms with Gasteiger partial charge in [0.15, 0.2) is 5.78 Å². The zero-order chi connectivity index (χ0) is 22.2. The lowest BCUT2D eigenvalue weighted by Crippen LogP contribution is -2.44. The van der Waals surface area contributed by atoms with E-state index in [4.69, 9.17) is 0 Å². The summed E-state index contributed by atoms with van der Waals surface area (Å²) in [5.41, 5.74) is 2.59. The molecule has 0 aromatic heterocycles. The molecule has 5 heteroatoms. The number of rotatable bonds is 6. The summed E-state index contributed by atoms with van der Waals surface area (Å²) in [7, 11) is 0. The first-order valence-corrected chi connectivity index (χ1v) is 12.0. The third-order valence-electron chi connectivity index (χ3n) is 6.73. The van der Waals surface area contributed by atoms with Crippen LogP contribution < -0.4 is 0 Å². The van der Waals surface area contributed by atoms with Gasteiger partial charge in [0, 0.05) is 39.1 Å². The minimum absolute atomic E-state index is 0.144. The first-order valence-electron chi connectivity index (χ1n) is 12.0. The Morgan fingerprint density at radius 1 is 0.781 bits per heavy atom. The Morgan fingerprint density at radius 3 is 2.22 bits per heavy atom. The van der Waals surface area contributed by atoms with Crippen molar-refractivity contribution in [2.24, 2.45) is 0 Å². The van der Waals surface area contributed by atoms with Gasteiger partial charge in [-0.1, -0.05) is 60.7 Å². The van der Waals surface area contributed by atoms with Gasteiger partial charge in [0.2, 0.25) is 5.91 Å². The summed E-state index contributed by atoms with van der Waals surface area (Å²) in [6.45, 7) is 5.37. The van der Waals surface area contributed by atoms with Gasteiger partial charge >= 0.3 is 0 Å². The minimum atomic E-state index is -0.231. The third-order valence-corrected chi connectivity index (χ3v) is 6.73. The molecule has 2 aliphatic heterocycles. The molecular weight excluding hydrogens is 398 g/mol. The maximum absolute atomic E-state index is 13.1. The molecule has 2 heterocycles. The van der Waals surface area contributed by atoms with E-state index in [1.54, 1.807) is 0 Å². The van der Waals surface area contributed by atoms with Gasteiger partial charge < -0.3 is 9.80 Å². The topological polar surface area (TPSA) is 43.9 Å². The molecule has 0 N–H and O–H groups in total. The van der Waals surface area contributed by atoms with E-state index < -0.39 is 0 Å². The van der Waals surface area contributed by atoms with Gasteiger partial charge in [0.05, 0.1) is 12.6 Å². The van der Waals surface area contributed by atoms with E-state index in [0.717, 1.165) is 65.0 Å². The number of amides is 1. The van der Waals surface area contributed by atoms with Crippen molar-refractivity contribution in [2.45, 2.75) is 44.7 Å². The van der Waals surface area contributed by atoms with Crippen LogP contribution in [0.25, 0.3) is 0 Å². The number of Topliss-reactive ketones (excluding diaryl/α,β-unsaturated/α-hetero) is 1. The maximum atomic E-state index is 13.1. The number of hydrogen-bond donors (Lipinski definition) is 0. The smallest absolute Gasteiger partial charge is 0.224 e. The molecule has 2 fully saturated rings. The molecule has 1 amide bonds. The van der Waals surface area contributed by atoms with Crippen LogP contribution >= 0.6 is 0 Å². The van der Waals surface area contributed by atoms with E-state index in [0.29, 0.717) is 13.0 Å². The van der Waals surface area contributed by atoms with Crippen LogP contribution in [0.2, 0.25) is 0 Å². The summed E-state index contributed by atoms with van der Waals surface area (Å²) in [5, 5.41) is 0. The lowest BCUT2D eigenvalue weighted by molar-refractivity contribution is -0.138. The highest BCUT2D eigenvalue weighted by molar-refractivity contribution is 5.91. The van der Waals surface area contributed by atoms with Crippen LogP contribution in [-0.4, -0.2) is 71.7 Å². The summed E-state index contributed by atoms with van der Waals surface area (Å²) in [6.07, 6.45) is 4.37. The number of benzene rings is 2. The summed E-state index contributed by atoms with van der Waals surface area (Å²) in [6, 6.07) is 20.7. The lowest BCUT2D eigenvalue weighted by atomic mass is 10.1. The molecule has 2 aliphatic rings. The zero-order valence-electron chi connectivity index (χ0n) is 19.0. The standard InChI is InChI=1S/C27H35N3O2/c31-26-22-29(21-24-11-5-2-6-12-24)20-19-28(16-7-13-23-9-3-1-4-10-23)18-15-27(32)30-17-8-14-25(26)30/h1-6,9-12,25H,7-8,13-22H2. The second-order valence-electron chi connectivity index (χ2n) is 9.09. The molecule has 1 unspecified atom stereocenters. The Hall–Kier alpha value is -2.50. The van der Waals surface area contributed by atoms with Gasteiger partial charge in [-0.15, -0.1) is 0 Å². The van der Waals surface area contributed by atoms with Crippen LogP contribution in [0.3, 0.4) is 0 Å². The minimum Gasteiger partial charge on any atom is -0.333 e. The number of hydrogen-bond acceptors (Lipinski definition) is 4. The van der Waals surface area contributed by atoms with E-state index in [1.165, 1.54) is 11.1 Å². The Balaban J connectivity index is 1.43. The molecule has 32 heavy (non-hydrogen) atoms. The first-order chi connectivity index (χ1) is 15.7. The highest BCUT2D eigenvalue weighted by Gasteiger charge is 2.34. The van der Waals surface area contributed by atoms with Gasteiger partial charge in [-0.25, -0.2) is 0 Å². The number of aryl methyl sites for hydroxylation is 1. The van der Waals surface area contributed by atoms with Gasteiger partial charge in [-0.2, -0.15) is 0 Å². The van der Waals surface area contributed by atoms with Crippen molar-refractivity contribution in [2.75, 3.05) is 39.3 Å². The van der Waals surface area contributed by atoms with E-state index in [2.05, 4.69) is 64.4 Å². The van der Waals surface area contributed by atoms with E-state index in [-0.39, 0.29) is 17.7 Å². The SMILES string of the molecule is O=C1CN(Cc2ccccc2)CCN(CCCc2ccccc2)CCC(=O)N2CCCC12. The van der Waals surface area contributed by atoms with Crippen molar-refractivity contribution >= 4 is 11.7 Å². The molecule has 0 aliphatic carbocycles. The average molecular weight is 434 g/mol. The molecule has 0 spiro atoms. The van der Waals surface area contributed by atoms with Gasteiger partial charge in [0.1, 0.15) is 0 Å². The third kappa shape index (κ3) is 6.27. The lowest BCUT2D eigenvalue weighted by Gasteiger charge is -2.27. The molecule has 2 saturated heterocycles. The van der Waals surface area contributed by atoms with Crippen LogP contribution in [0.4, 0.5) is 0 Å². The Bertz CT molecular complexity index is 871. The molecule has 0 bridgehead atoms. The maximum Gasteiger partial charge on any atom is 0.224 e. The molecule has 1 atom stereocenters. The second-order valence-corrected chi connectivity index (χ2v) is 9.09. The number of fused-ring (bicyclic) bond motifs is 1. The summed E-state index contributed by atoms with van der Waals surface area (Å²) in [4.78, 5) is 32.6. The van der Waals surface area contributed by atoms with E-state index in [9.17, 15) is 9.59 Å². The molecule has 5 nitrogen and oxygen atoms in total. The normalized spacial score (nSPS) is 21.4.